The molecular weight excluding hydrogens is 420 g/mol. The van der Waals surface area contributed by atoms with Gasteiger partial charge in [0.2, 0.25) is 5.91 Å². The zero-order valence-electron chi connectivity index (χ0n) is 19.6. The van der Waals surface area contributed by atoms with E-state index in [9.17, 15) is 9.90 Å². The van der Waals surface area contributed by atoms with Gasteiger partial charge in [-0.05, 0) is 50.6 Å². The highest BCUT2D eigenvalue weighted by Crippen LogP contribution is 2.32. The molecule has 2 atom stereocenters. The first-order chi connectivity index (χ1) is 16.1. The number of nitrogens with zero attached hydrogens (tertiary/aromatic N) is 3. The Hall–Kier alpha value is -1.90. The fourth-order valence-corrected chi connectivity index (χ4v) is 5.84. The van der Waals surface area contributed by atoms with Crippen molar-refractivity contribution in [3.8, 4) is 5.75 Å². The van der Waals surface area contributed by atoms with E-state index in [1.807, 2.05) is 12.3 Å². The summed E-state index contributed by atoms with van der Waals surface area (Å²) in [6.07, 6.45) is 9.06. The van der Waals surface area contributed by atoms with Crippen LogP contribution in [0.2, 0.25) is 0 Å². The molecule has 2 N–H and O–H groups in total. The Kier molecular flexibility index (Phi) is 7.33. The number of aliphatic hydroxyl groups is 1. The summed E-state index contributed by atoms with van der Waals surface area (Å²) in [5.74, 6) is 2.97. The smallest absolute Gasteiger partial charge is 0.222 e. The van der Waals surface area contributed by atoms with E-state index in [-0.39, 0.29) is 12.0 Å². The summed E-state index contributed by atoms with van der Waals surface area (Å²) in [5.41, 5.74) is 1.28. The lowest BCUT2D eigenvalue weighted by molar-refractivity contribution is -0.124. The van der Waals surface area contributed by atoms with Gasteiger partial charge in [-0.15, -0.1) is 0 Å². The minimum atomic E-state index is -0.411. The third kappa shape index (κ3) is 5.78. The van der Waals surface area contributed by atoms with Crippen LogP contribution in [-0.2, 0) is 16.0 Å². The summed E-state index contributed by atoms with van der Waals surface area (Å²) in [7, 11) is 0. The molecule has 3 aliphatic heterocycles. The van der Waals surface area contributed by atoms with Crippen LogP contribution in [0.25, 0.3) is 0 Å². The van der Waals surface area contributed by atoms with Gasteiger partial charge in [0, 0.05) is 56.8 Å². The molecule has 4 aliphatic rings. The van der Waals surface area contributed by atoms with E-state index in [2.05, 4.69) is 20.1 Å². The average Bonchev–Trinajstić information content (AvgIpc) is 3.47. The fraction of sp³-hybridized carbons (Fsp3) is 0.760. The lowest BCUT2D eigenvalue weighted by Gasteiger charge is -2.37. The third-order valence-corrected chi connectivity index (χ3v) is 7.81. The Bertz CT molecular complexity index is 806. The number of pyridine rings is 1. The molecule has 8 nitrogen and oxygen atoms in total. The van der Waals surface area contributed by atoms with Gasteiger partial charge in [0.25, 0.3) is 0 Å². The predicted molar refractivity (Wildman–Crippen MR) is 126 cm³/mol. The third-order valence-electron chi connectivity index (χ3n) is 7.81. The molecule has 0 radical (unpaired) electrons. The van der Waals surface area contributed by atoms with E-state index in [1.54, 1.807) is 0 Å². The first-order valence-electron chi connectivity index (χ1n) is 12.8. The molecule has 2 saturated heterocycles. The number of hydrogen-bond donors (Lipinski definition) is 2. The number of anilines is 1. The molecule has 1 amide bonds. The molecule has 0 aromatic carbocycles. The molecule has 1 aliphatic carbocycles. The van der Waals surface area contributed by atoms with Crippen LogP contribution in [0.4, 0.5) is 5.82 Å². The average molecular weight is 459 g/mol. The molecule has 182 valence electrons. The van der Waals surface area contributed by atoms with Crippen molar-refractivity contribution in [2.75, 3.05) is 50.8 Å². The molecule has 33 heavy (non-hydrogen) atoms. The van der Waals surface area contributed by atoms with Gasteiger partial charge in [-0.1, -0.05) is 0 Å². The molecule has 5 rings (SSSR count). The van der Waals surface area contributed by atoms with Gasteiger partial charge in [-0.3, -0.25) is 9.69 Å². The van der Waals surface area contributed by atoms with Crippen molar-refractivity contribution >= 4 is 11.7 Å². The van der Waals surface area contributed by atoms with E-state index in [0.29, 0.717) is 25.5 Å². The zero-order valence-corrected chi connectivity index (χ0v) is 19.6. The van der Waals surface area contributed by atoms with Gasteiger partial charge in [-0.2, -0.15) is 0 Å². The van der Waals surface area contributed by atoms with Crippen LogP contribution >= 0.6 is 0 Å². The molecule has 8 heteroatoms. The first-order valence-corrected chi connectivity index (χ1v) is 12.8. The predicted octanol–water partition coefficient (Wildman–Crippen LogP) is 1.74. The van der Waals surface area contributed by atoms with Crippen molar-refractivity contribution in [1.29, 1.82) is 0 Å². The molecule has 4 heterocycles. The lowest BCUT2D eigenvalue weighted by Crippen LogP contribution is -2.47. The zero-order chi connectivity index (χ0) is 22.6. The van der Waals surface area contributed by atoms with Crippen LogP contribution in [0.3, 0.4) is 0 Å². The number of aromatic nitrogens is 1. The molecule has 1 saturated carbocycles. The molecule has 0 spiro atoms. The van der Waals surface area contributed by atoms with E-state index in [0.717, 1.165) is 69.5 Å². The summed E-state index contributed by atoms with van der Waals surface area (Å²) in [6.45, 7) is 6.55. The molecule has 2 unspecified atom stereocenters. The fourth-order valence-electron chi connectivity index (χ4n) is 5.84. The molecule has 3 fully saturated rings. The Morgan fingerprint density at radius 1 is 1.18 bits per heavy atom. The van der Waals surface area contributed by atoms with Crippen molar-refractivity contribution in [1.82, 2.24) is 15.2 Å². The number of amides is 1. The largest absolute Gasteiger partial charge is 0.493 e. The van der Waals surface area contributed by atoms with Crippen LogP contribution in [0, 0.1) is 5.92 Å². The second kappa shape index (κ2) is 10.6. The van der Waals surface area contributed by atoms with E-state index in [1.165, 1.54) is 31.4 Å². The van der Waals surface area contributed by atoms with Gasteiger partial charge >= 0.3 is 0 Å². The highest BCUT2D eigenvalue weighted by atomic mass is 16.5. The molecule has 1 aromatic rings. The van der Waals surface area contributed by atoms with E-state index < -0.39 is 6.10 Å². The lowest BCUT2D eigenvalue weighted by atomic mass is 9.84. The van der Waals surface area contributed by atoms with Gasteiger partial charge in [0.05, 0.1) is 31.8 Å². The van der Waals surface area contributed by atoms with Crippen molar-refractivity contribution < 1.29 is 19.4 Å². The normalized spacial score (nSPS) is 30.2. The van der Waals surface area contributed by atoms with Gasteiger partial charge in [0.1, 0.15) is 11.6 Å². The summed E-state index contributed by atoms with van der Waals surface area (Å²) >= 11 is 0. The maximum absolute atomic E-state index is 12.3. The number of piperazine rings is 1. The summed E-state index contributed by atoms with van der Waals surface area (Å²) < 4.78 is 11.2. The van der Waals surface area contributed by atoms with Crippen molar-refractivity contribution in [3.63, 3.8) is 0 Å². The highest BCUT2D eigenvalue weighted by molar-refractivity contribution is 5.76. The van der Waals surface area contributed by atoms with Gasteiger partial charge in [-0.25, -0.2) is 4.98 Å². The minimum Gasteiger partial charge on any atom is -0.493 e. The Balaban J connectivity index is 0.981. The van der Waals surface area contributed by atoms with Crippen LogP contribution in [0.5, 0.6) is 5.75 Å². The van der Waals surface area contributed by atoms with Crippen molar-refractivity contribution in [2.45, 2.75) is 69.6 Å². The Labute approximate surface area is 196 Å². The number of carbonyl (C=O) groups excluding carboxylic acids is 1. The number of fused-ring (bicyclic) bond motifs is 1. The maximum atomic E-state index is 12.3. The van der Waals surface area contributed by atoms with Gasteiger partial charge < -0.3 is 24.8 Å². The molecule has 1 aromatic heterocycles. The van der Waals surface area contributed by atoms with Crippen molar-refractivity contribution in [2.24, 2.45) is 5.92 Å². The molecular formula is C25H38N4O4. The van der Waals surface area contributed by atoms with E-state index in [4.69, 9.17) is 9.47 Å². The topological polar surface area (TPSA) is 87.2 Å². The van der Waals surface area contributed by atoms with Crippen LogP contribution < -0.4 is 15.0 Å². The summed E-state index contributed by atoms with van der Waals surface area (Å²) in [4.78, 5) is 22.0. The van der Waals surface area contributed by atoms with Crippen LogP contribution in [0.15, 0.2) is 12.3 Å². The SMILES string of the molecule is O=C(CC1CC(O)CO1)NC1CCC(CCN2CCN(c3nccc4c3CCO4)CC2)CC1. The van der Waals surface area contributed by atoms with Crippen molar-refractivity contribution in [3.05, 3.63) is 17.8 Å². The second-order valence-electron chi connectivity index (χ2n) is 10.2. The Morgan fingerprint density at radius 2 is 2.00 bits per heavy atom. The second-order valence-corrected chi connectivity index (χ2v) is 10.2. The number of nitrogens with one attached hydrogen (secondary N) is 1. The maximum Gasteiger partial charge on any atom is 0.222 e. The van der Waals surface area contributed by atoms with Crippen LogP contribution in [0.1, 0.15) is 50.5 Å². The monoisotopic (exact) mass is 458 g/mol. The minimum absolute atomic E-state index is 0.0699. The first kappa shape index (κ1) is 22.9. The number of ether oxygens (including phenoxy) is 2. The number of hydrogen-bond acceptors (Lipinski definition) is 7. The number of aliphatic hydroxyl groups excluding tert-OH is 1. The van der Waals surface area contributed by atoms with Crippen LogP contribution in [-0.4, -0.2) is 85.1 Å². The highest BCUT2D eigenvalue weighted by Gasteiger charge is 2.29. The Morgan fingerprint density at radius 3 is 2.76 bits per heavy atom. The standard InChI is InChI=1S/C25H38N4O4/c30-20-15-21(33-17-20)16-24(31)27-19-3-1-18(2-4-19)6-9-28-10-12-29(13-11-28)25-22-7-14-32-23(22)5-8-26-25/h5,8,18-21,30H,1-4,6-7,9-17H2,(H,27,31). The quantitative estimate of drug-likeness (QED) is 0.644. The summed E-state index contributed by atoms with van der Waals surface area (Å²) in [5, 5.41) is 12.7. The summed E-state index contributed by atoms with van der Waals surface area (Å²) in [6, 6.07) is 2.28. The molecule has 0 bridgehead atoms. The van der Waals surface area contributed by atoms with Gasteiger partial charge in [0.15, 0.2) is 0 Å². The van der Waals surface area contributed by atoms with E-state index >= 15 is 0 Å². The number of carbonyl (C=O) groups is 1. The number of rotatable bonds is 7.